The summed E-state index contributed by atoms with van der Waals surface area (Å²) in [4.78, 5) is 20.7. The quantitative estimate of drug-likeness (QED) is 0.742. The number of hydrogen-bond acceptors (Lipinski definition) is 3. The predicted molar refractivity (Wildman–Crippen MR) is 94.7 cm³/mol. The van der Waals surface area contributed by atoms with Crippen LogP contribution in [0.25, 0.3) is 10.9 Å². The highest BCUT2D eigenvalue weighted by Crippen LogP contribution is 2.16. The lowest BCUT2D eigenvalue weighted by Crippen LogP contribution is -3.06. The average Bonchev–Trinajstić information content (AvgIpc) is 2.54. The largest absolute Gasteiger partial charge is 0.496 e. The third-order valence-electron chi connectivity index (χ3n) is 3.87. The summed E-state index contributed by atoms with van der Waals surface area (Å²) in [5.74, 6) is 1.51. The van der Waals surface area contributed by atoms with Crippen molar-refractivity contribution in [3.05, 3.63) is 69.2 Å². The molecule has 1 atom stereocenters. The van der Waals surface area contributed by atoms with Crippen LogP contribution < -0.4 is 15.2 Å². The highest BCUT2D eigenvalue weighted by molar-refractivity contribution is 6.31. The third-order valence-corrected chi connectivity index (χ3v) is 4.11. The Morgan fingerprint density at radius 3 is 2.79 bits per heavy atom. The van der Waals surface area contributed by atoms with Crippen molar-refractivity contribution in [3.63, 3.8) is 0 Å². The van der Waals surface area contributed by atoms with E-state index in [9.17, 15) is 4.79 Å². The molecular formula is C18H19ClN3O2+. The monoisotopic (exact) mass is 344 g/mol. The Bertz CT molecular complexity index is 924. The predicted octanol–water partition coefficient (Wildman–Crippen LogP) is 1.80. The number of halogens is 1. The highest BCUT2D eigenvalue weighted by atomic mass is 35.5. The molecule has 0 saturated carbocycles. The first-order chi connectivity index (χ1) is 11.6. The molecule has 0 radical (unpaired) electrons. The number of aromatic nitrogens is 2. The summed E-state index contributed by atoms with van der Waals surface area (Å²) in [5, 5.41) is 1.12. The molecule has 0 aliphatic heterocycles. The zero-order valence-corrected chi connectivity index (χ0v) is 14.4. The maximum Gasteiger partial charge on any atom is 0.258 e. The Hall–Kier alpha value is -2.37. The summed E-state index contributed by atoms with van der Waals surface area (Å²) in [6, 6.07) is 13.0. The second-order valence-corrected chi connectivity index (χ2v) is 6.23. The van der Waals surface area contributed by atoms with E-state index in [1.54, 1.807) is 25.3 Å². The van der Waals surface area contributed by atoms with E-state index in [-0.39, 0.29) is 5.56 Å². The molecule has 3 aromatic rings. The zero-order valence-electron chi connectivity index (χ0n) is 13.6. The molecule has 124 valence electrons. The number of quaternary nitrogens is 1. The SMILES string of the molecule is COc1ccccc1C[NH+](C)Cc1nc2cc(Cl)ccc2c(=O)[nH]1. The molecule has 3 rings (SSSR count). The first-order valence-corrected chi connectivity index (χ1v) is 8.06. The van der Waals surface area contributed by atoms with E-state index < -0.39 is 0 Å². The van der Waals surface area contributed by atoms with E-state index in [2.05, 4.69) is 17.0 Å². The van der Waals surface area contributed by atoms with Crippen LogP contribution in [0.1, 0.15) is 11.4 Å². The van der Waals surface area contributed by atoms with Crippen LogP contribution in [0.2, 0.25) is 5.02 Å². The molecule has 5 nitrogen and oxygen atoms in total. The number of fused-ring (bicyclic) bond motifs is 1. The van der Waals surface area contributed by atoms with Crippen LogP contribution in [0.5, 0.6) is 5.75 Å². The van der Waals surface area contributed by atoms with Crippen LogP contribution >= 0.6 is 11.6 Å². The molecule has 0 fully saturated rings. The molecule has 6 heteroatoms. The normalized spacial score (nSPS) is 12.3. The van der Waals surface area contributed by atoms with Gasteiger partial charge in [-0.25, -0.2) is 4.98 Å². The van der Waals surface area contributed by atoms with Gasteiger partial charge in [-0.15, -0.1) is 0 Å². The van der Waals surface area contributed by atoms with Gasteiger partial charge in [0.25, 0.3) is 5.56 Å². The smallest absolute Gasteiger partial charge is 0.258 e. The maximum atomic E-state index is 12.2. The molecule has 0 saturated heterocycles. The fraction of sp³-hybridized carbons (Fsp3) is 0.222. The van der Waals surface area contributed by atoms with Crippen molar-refractivity contribution in [1.82, 2.24) is 9.97 Å². The lowest BCUT2D eigenvalue weighted by Gasteiger charge is -2.15. The van der Waals surface area contributed by atoms with E-state index in [4.69, 9.17) is 16.3 Å². The summed E-state index contributed by atoms with van der Waals surface area (Å²) in [7, 11) is 3.72. The van der Waals surface area contributed by atoms with Crippen LogP contribution in [0.4, 0.5) is 0 Å². The molecule has 1 heterocycles. The fourth-order valence-electron chi connectivity index (χ4n) is 2.77. The molecule has 0 aliphatic rings. The Morgan fingerprint density at radius 2 is 2.00 bits per heavy atom. The number of hydrogen-bond donors (Lipinski definition) is 2. The van der Waals surface area contributed by atoms with Gasteiger partial charge in [-0.1, -0.05) is 23.7 Å². The minimum absolute atomic E-state index is 0.142. The summed E-state index contributed by atoms with van der Waals surface area (Å²) in [5.41, 5.74) is 1.59. The van der Waals surface area contributed by atoms with Crippen molar-refractivity contribution < 1.29 is 9.64 Å². The van der Waals surface area contributed by atoms with Crippen molar-refractivity contribution in [2.24, 2.45) is 0 Å². The molecule has 0 bridgehead atoms. The second kappa shape index (κ2) is 7.03. The van der Waals surface area contributed by atoms with Gasteiger partial charge >= 0.3 is 0 Å². The summed E-state index contributed by atoms with van der Waals surface area (Å²) in [6.07, 6.45) is 0. The summed E-state index contributed by atoms with van der Waals surface area (Å²) >= 11 is 6.00. The maximum absolute atomic E-state index is 12.2. The van der Waals surface area contributed by atoms with Gasteiger partial charge in [-0.3, -0.25) is 4.79 Å². The number of ether oxygens (including phenoxy) is 1. The van der Waals surface area contributed by atoms with E-state index in [1.165, 1.54) is 4.90 Å². The number of H-pyrrole nitrogens is 1. The van der Waals surface area contributed by atoms with Crippen molar-refractivity contribution in [2.45, 2.75) is 13.1 Å². The van der Waals surface area contributed by atoms with E-state index in [0.29, 0.717) is 28.3 Å². The molecule has 1 unspecified atom stereocenters. The van der Waals surface area contributed by atoms with Gasteiger partial charge in [-0.2, -0.15) is 0 Å². The number of rotatable bonds is 5. The van der Waals surface area contributed by atoms with Gasteiger partial charge in [0, 0.05) is 10.6 Å². The topological polar surface area (TPSA) is 59.4 Å². The Morgan fingerprint density at radius 1 is 1.21 bits per heavy atom. The van der Waals surface area contributed by atoms with Crippen molar-refractivity contribution in [1.29, 1.82) is 0 Å². The van der Waals surface area contributed by atoms with E-state index in [0.717, 1.165) is 17.9 Å². The van der Waals surface area contributed by atoms with Crippen LogP contribution in [-0.4, -0.2) is 24.1 Å². The van der Waals surface area contributed by atoms with Gasteiger partial charge in [-0.05, 0) is 30.3 Å². The standard InChI is InChI=1S/C18H18ClN3O2/c1-22(10-12-5-3-4-6-16(12)24-2)11-17-20-15-9-13(19)7-8-14(15)18(23)21-17/h3-9H,10-11H2,1-2H3,(H,20,21,23)/p+1. The lowest BCUT2D eigenvalue weighted by atomic mass is 10.2. The molecule has 24 heavy (non-hydrogen) atoms. The van der Waals surface area contributed by atoms with Crippen molar-refractivity contribution in [3.8, 4) is 5.75 Å². The highest BCUT2D eigenvalue weighted by Gasteiger charge is 2.12. The van der Waals surface area contributed by atoms with Crippen LogP contribution in [0, 0.1) is 0 Å². The lowest BCUT2D eigenvalue weighted by molar-refractivity contribution is -0.908. The molecule has 0 amide bonds. The average molecular weight is 345 g/mol. The van der Waals surface area contributed by atoms with Gasteiger partial charge in [0.15, 0.2) is 5.82 Å². The number of nitrogens with one attached hydrogen (secondary N) is 2. The number of benzene rings is 2. The van der Waals surface area contributed by atoms with Crippen molar-refractivity contribution >= 4 is 22.5 Å². The molecule has 0 spiro atoms. The van der Waals surface area contributed by atoms with Crippen LogP contribution in [-0.2, 0) is 13.1 Å². The molecule has 2 aromatic carbocycles. The van der Waals surface area contributed by atoms with E-state index in [1.807, 2.05) is 24.3 Å². The Balaban J connectivity index is 1.82. The Labute approximate surface area is 144 Å². The summed E-state index contributed by atoms with van der Waals surface area (Å²) in [6.45, 7) is 1.36. The number of aromatic amines is 1. The van der Waals surface area contributed by atoms with Crippen LogP contribution in [0.3, 0.4) is 0 Å². The molecule has 0 aliphatic carbocycles. The molecule has 2 N–H and O–H groups in total. The third kappa shape index (κ3) is 3.58. The fourth-order valence-corrected chi connectivity index (χ4v) is 2.93. The number of methoxy groups -OCH3 is 1. The Kier molecular flexibility index (Phi) is 4.83. The van der Waals surface area contributed by atoms with Gasteiger partial charge in [0.1, 0.15) is 18.8 Å². The van der Waals surface area contributed by atoms with Crippen molar-refractivity contribution in [2.75, 3.05) is 14.2 Å². The molecular weight excluding hydrogens is 326 g/mol. The van der Waals surface area contributed by atoms with Gasteiger partial charge in [0.05, 0.1) is 25.1 Å². The minimum atomic E-state index is -0.142. The van der Waals surface area contributed by atoms with Crippen LogP contribution in [0.15, 0.2) is 47.3 Å². The molecule has 1 aromatic heterocycles. The first kappa shape index (κ1) is 16.5. The first-order valence-electron chi connectivity index (χ1n) is 7.68. The van der Waals surface area contributed by atoms with Gasteiger partial charge < -0.3 is 14.6 Å². The summed E-state index contributed by atoms with van der Waals surface area (Å²) < 4.78 is 5.38. The minimum Gasteiger partial charge on any atom is -0.496 e. The number of para-hydroxylation sites is 1. The van der Waals surface area contributed by atoms with E-state index >= 15 is 0 Å². The second-order valence-electron chi connectivity index (χ2n) is 5.80. The van der Waals surface area contributed by atoms with Gasteiger partial charge in [0.2, 0.25) is 0 Å². The zero-order chi connectivity index (χ0) is 17.1. The number of nitrogens with zero attached hydrogens (tertiary/aromatic N) is 1.